The van der Waals surface area contributed by atoms with Gasteiger partial charge in [-0.1, -0.05) is 0 Å². The summed E-state index contributed by atoms with van der Waals surface area (Å²) in [5, 5.41) is 12.3. The van der Waals surface area contributed by atoms with Gasteiger partial charge in [-0.15, -0.1) is 0 Å². The number of nitrogens with zero attached hydrogens (tertiary/aromatic N) is 2. The minimum absolute atomic E-state index is 0.105. The van der Waals surface area contributed by atoms with Crippen LogP contribution in [0, 0.1) is 0 Å². The van der Waals surface area contributed by atoms with Crippen molar-refractivity contribution in [2.45, 2.75) is 13.0 Å². The van der Waals surface area contributed by atoms with Crippen LogP contribution in [0.2, 0.25) is 0 Å². The summed E-state index contributed by atoms with van der Waals surface area (Å²) in [6, 6.07) is 1.77. The van der Waals surface area contributed by atoms with E-state index in [1.807, 2.05) is 0 Å². The molecule has 0 radical (unpaired) electrons. The van der Waals surface area contributed by atoms with E-state index >= 15 is 0 Å². The van der Waals surface area contributed by atoms with E-state index in [0.29, 0.717) is 6.54 Å². The number of carbonyl (C=O) groups is 1. The second-order valence-corrected chi connectivity index (χ2v) is 2.86. The SMILES string of the molecule is O=C(O)CCn1ccc(Br)n1. The maximum Gasteiger partial charge on any atom is 0.305 e. The summed E-state index contributed by atoms with van der Waals surface area (Å²) < 4.78 is 2.31. The number of hydrogen-bond acceptors (Lipinski definition) is 2. The van der Waals surface area contributed by atoms with E-state index in [4.69, 9.17) is 5.11 Å². The van der Waals surface area contributed by atoms with Crippen molar-refractivity contribution < 1.29 is 9.90 Å². The van der Waals surface area contributed by atoms with Gasteiger partial charge >= 0.3 is 5.97 Å². The fraction of sp³-hybridized carbons (Fsp3) is 0.333. The lowest BCUT2D eigenvalue weighted by atomic mass is 10.4. The van der Waals surface area contributed by atoms with Gasteiger partial charge in [-0.2, -0.15) is 5.10 Å². The molecule has 11 heavy (non-hydrogen) atoms. The van der Waals surface area contributed by atoms with Crippen LogP contribution in [0.25, 0.3) is 0 Å². The fourth-order valence-corrected chi connectivity index (χ4v) is 0.994. The molecule has 0 unspecified atom stereocenters. The number of aromatic nitrogens is 2. The van der Waals surface area contributed by atoms with Crippen LogP contribution in [0.3, 0.4) is 0 Å². The molecule has 0 saturated carbocycles. The van der Waals surface area contributed by atoms with Crippen LogP contribution < -0.4 is 0 Å². The highest BCUT2D eigenvalue weighted by Gasteiger charge is 1.98. The Hall–Kier alpha value is -0.840. The zero-order chi connectivity index (χ0) is 8.27. The topological polar surface area (TPSA) is 55.1 Å². The van der Waals surface area contributed by atoms with Crippen LogP contribution in [0.5, 0.6) is 0 Å². The third-order valence-corrected chi connectivity index (χ3v) is 1.59. The van der Waals surface area contributed by atoms with E-state index in [2.05, 4.69) is 21.0 Å². The normalized spacial score (nSPS) is 9.91. The third kappa shape index (κ3) is 2.71. The zero-order valence-corrected chi connectivity index (χ0v) is 7.28. The number of aliphatic carboxylic acids is 1. The quantitative estimate of drug-likeness (QED) is 0.828. The molecule has 1 aromatic rings. The molecule has 0 spiro atoms. The molecule has 0 amide bonds. The van der Waals surface area contributed by atoms with Gasteiger partial charge in [0.1, 0.15) is 4.60 Å². The second-order valence-electron chi connectivity index (χ2n) is 2.05. The minimum Gasteiger partial charge on any atom is -0.481 e. The molecule has 1 aromatic heterocycles. The Kier molecular flexibility index (Phi) is 2.64. The molecule has 0 aliphatic carbocycles. The molecule has 5 heteroatoms. The predicted octanol–water partition coefficient (Wildman–Crippen LogP) is 1.12. The number of carboxylic acid groups (broad SMARTS) is 1. The summed E-state index contributed by atoms with van der Waals surface area (Å²) >= 11 is 3.16. The first-order valence-electron chi connectivity index (χ1n) is 3.09. The van der Waals surface area contributed by atoms with Crippen LogP contribution in [0.15, 0.2) is 16.9 Å². The molecule has 1 N–H and O–H groups in total. The molecular weight excluding hydrogens is 212 g/mol. The molecule has 60 valence electrons. The first-order chi connectivity index (χ1) is 5.18. The lowest BCUT2D eigenvalue weighted by Gasteiger charge is -1.95. The summed E-state index contributed by atoms with van der Waals surface area (Å²) in [4.78, 5) is 10.1. The van der Waals surface area contributed by atoms with Gasteiger partial charge < -0.3 is 5.11 Å². The molecule has 1 heterocycles. The van der Waals surface area contributed by atoms with Gasteiger partial charge in [0.25, 0.3) is 0 Å². The standard InChI is InChI=1S/C6H7BrN2O2/c7-5-1-3-9(8-5)4-2-6(10)11/h1,3H,2,4H2,(H,10,11). The zero-order valence-electron chi connectivity index (χ0n) is 5.70. The second kappa shape index (κ2) is 3.52. The smallest absolute Gasteiger partial charge is 0.305 e. The van der Waals surface area contributed by atoms with Gasteiger partial charge in [-0.3, -0.25) is 9.48 Å². The van der Waals surface area contributed by atoms with Crippen molar-refractivity contribution in [2.75, 3.05) is 0 Å². The molecule has 0 aliphatic heterocycles. The summed E-state index contributed by atoms with van der Waals surface area (Å²) in [6.07, 6.45) is 1.83. The number of aryl methyl sites for hydroxylation is 1. The van der Waals surface area contributed by atoms with Gasteiger partial charge in [0.2, 0.25) is 0 Å². The van der Waals surface area contributed by atoms with Gasteiger partial charge in [-0.05, 0) is 22.0 Å². The van der Waals surface area contributed by atoms with Crippen molar-refractivity contribution >= 4 is 21.9 Å². The third-order valence-electron chi connectivity index (χ3n) is 1.16. The average Bonchev–Trinajstić information content (AvgIpc) is 2.31. The number of halogens is 1. The van der Waals surface area contributed by atoms with Crippen molar-refractivity contribution in [2.24, 2.45) is 0 Å². The fourth-order valence-electron chi connectivity index (χ4n) is 0.672. The van der Waals surface area contributed by atoms with Crippen LogP contribution in [-0.2, 0) is 11.3 Å². The first-order valence-corrected chi connectivity index (χ1v) is 3.88. The van der Waals surface area contributed by atoms with Gasteiger partial charge in [0.15, 0.2) is 0 Å². The summed E-state index contributed by atoms with van der Waals surface area (Å²) in [6.45, 7) is 0.418. The number of carboxylic acids is 1. The maximum atomic E-state index is 10.1. The van der Waals surface area contributed by atoms with Crippen molar-refractivity contribution in [1.82, 2.24) is 9.78 Å². The summed E-state index contributed by atoms with van der Waals surface area (Å²) in [5.41, 5.74) is 0. The highest BCUT2D eigenvalue weighted by molar-refractivity contribution is 9.10. The Morgan fingerprint density at radius 1 is 1.82 bits per heavy atom. The Morgan fingerprint density at radius 3 is 3.00 bits per heavy atom. The Bertz CT molecular complexity index is 259. The first kappa shape index (κ1) is 8.26. The highest BCUT2D eigenvalue weighted by atomic mass is 79.9. The summed E-state index contributed by atoms with van der Waals surface area (Å²) in [5.74, 6) is -0.809. The molecule has 0 aliphatic rings. The predicted molar refractivity (Wildman–Crippen MR) is 42.2 cm³/mol. The van der Waals surface area contributed by atoms with Gasteiger partial charge in [-0.25, -0.2) is 0 Å². The van der Waals surface area contributed by atoms with Gasteiger partial charge in [0.05, 0.1) is 13.0 Å². The van der Waals surface area contributed by atoms with Crippen molar-refractivity contribution in [1.29, 1.82) is 0 Å². The minimum atomic E-state index is -0.809. The van der Waals surface area contributed by atoms with Crippen LogP contribution in [0.4, 0.5) is 0 Å². The monoisotopic (exact) mass is 218 g/mol. The van der Waals surface area contributed by atoms with Crippen LogP contribution >= 0.6 is 15.9 Å². The molecule has 1 rings (SSSR count). The molecule has 4 nitrogen and oxygen atoms in total. The number of rotatable bonds is 3. The lowest BCUT2D eigenvalue weighted by molar-refractivity contribution is -0.137. The van der Waals surface area contributed by atoms with E-state index in [-0.39, 0.29) is 6.42 Å². The van der Waals surface area contributed by atoms with E-state index in [9.17, 15) is 4.79 Å². The largest absolute Gasteiger partial charge is 0.481 e. The van der Waals surface area contributed by atoms with E-state index in [0.717, 1.165) is 4.60 Å². The molecule has 0 aromatic carbocycles. The van der Waals surface area contributed by atoms with Gasteiger partial charge in [0, 0.05) is 6.20 Å². The van der Waals surface area contributed by atoms with E-state index < -0.39 is 5.97 Å². The maximum absolute atomic E-state index is 10.1. The highest BCUT2D eigenvalue weighted by Crippen LogP contribution is 2.03. The molecule has 0 saturated heterocycles. The van der Waals surface area contributed by atoms with E-state index in [1.165, 1.54) is 0 Å². The van der Waals surface area contributed by atoms with E-state index in [1.54, 1.807) is 16.9 Å². The molecule has 0 atom stereocenters. The Balaban J connectivity index is 2.45. The number of hydrogen-bond donors (Lipinski definition) is 1. The van der Waals surface area contributed by atoms with Crippen molar-refractivity contribution in [3.63, 3.8) is 0 Å². The Labute approximate surface area is 72.0 Å². The molecule has 0 fully saturated rings. The van der Waals surface area contributed by atoms with Crippen LogP contribution in [0.1, 0.15) is 6.42 Å². The molecular formula is C6H7BrN2O2. The Morgan fingerprint density at radius 2 is 2.55 bits per heavy atom. The van der Waals surface area contributed by atoms with Crippen LogP contribution in [-0.4, -0.2) is 20.9 Å². The summed E-state index contributed by atoms with van der Waals surface area (Å²) in [7, 11) is 0. The average molecular weight is 219 g/mol. The van der Waals surface area contributed by atoms with Crippen molar-refractivity contribution in [3.05, 3.63) is 16.9 Å². The lowest BCUT2D eigenvalue weighted by Crippen LogP contribution is -2.04. The molecule has 0 bridgehead atoms. The van der Waals surface area contributed by atoms with Crippen molar-refractivity contribution in [3.8, 4) is 0 Å².